The van der Waals surface area contributed by atoms with Gasteiger partial charge in [-0.1, -0.05) is 35.9 Å². The smallest absolute Gasteiger partial charge is 0.314 e. The van der Waals surface area contributed by atoms with E-state index in [0.29, 0.717) is 6.42 Å². The van der Waals surface area contributed by atoms with Gasteiger partial charge in [0, 0.05) is 18.2 Å². The first-order chi connectivity index (χ1) is 12.5. The SMILES string of the molecule is COC(=O)C(CCC=O)c1c(-c2ccc(C)cc2)nc2ccc(C)cn12. The lowest BCUT2D eigenvalue weighted by Crippen LogP contribution is -2.17. The Balaban J connectivity index is 2.26. The van der Waals surface area contributed by atoms with E-state index in [4.69, 9.17) is 9.72 Å². The van der Waals surface area contributed by atoms with E-state index in [2.05, 4.69) is 0 Å². The summed E-state index contributed by atoms with van der Waals surface area (Å²) in [4.78, 5) is 28.2. The van der Waals surface area contributed by atoms with E-state index < -0.39 is 5.92 Å². The second-order valence-electron chi connectivity index (χ2n) is 6.47. The number of methoxy groups -OCH3 is 1. The Morgan fingerprint density at radius 2 is 1.85 bits per heavy atom. The van der Waals surface area contributed by atoms with Gasteiger partial charge < -0.3 is 13.9 Å². The van der Waals surface area contributed by atoms with Gasteiger partial charge >= 0.3 is 5.97 Å². The lowest BCUT2D eigenvalue weighted by molar-refractivity contribution is -0.142. The Morgan fingerprint density at radius 1 is 1.15 bits per heavy atom. The molecule has 3 aromatic rings. The van der Waals surface area contributed by atoms with E-state index in [1.54, 1.807) is 0 Å². The Kier molecular flexibility index (Phi) is 5.16. The molecule has 1 unspecified atom stereocenters. The van der Waals surface area contributed by atoms with Crippen molar-refractivity contribution in [3.05, 3.63) is 59.4 Å². The fourth-order valence-electron chi connectivity index (χ4n) is 3.17. The maximum absolute atomic E-state index is 12.5. The first-order valence-corrected chi connectivity index (χ1v) is 8.62. The number of aldehydes is 1. The quantitative estimate of drug-likeness (QED) is 0.500. The molecule has 2 heterocycles. The number of ether oxygens (including phenoxy) is 1. The monoisotopic (exact) mass is 350 g/mol. The van der Waals surface area contributed by atoms with Crippen molar-refractivity contribution in [3.8, 4) is 11.3 Å². The van der Waals surface area contributed by atoms with Crippen molar-refractivity contribution in [3.63, 3.8) is 0 Å². The molecule has 0 fully saturated rings. The molecule has 0 saturated carbocycles. The van der Waals surface area contributed by atoms with E-state index in [9.17, 15) is 9.59 Å². The predicted octanol–water partition coefficient (Wildman–Crippen LogP) is 3.85. The van der Waals surface area contributed by atoms with Crippen molar-refractivity contribution in [2.24, 2.45) is 0 Å². The number of carbonyl (C=O) groups excluding carboxylic acids is 2. The number of imidazole rings is 1. The van der Waals surface area contributed by atoms with Crippen molar-refractivity contribution < 1.29 is 14.3 Å². The molecule has 0 aliphatic carbocycles. The number of carbonyl (C=O) groups is 2. The average Bonchev–Trinajstić information content (AvgIpc) is 3.01. The van der Waals surface area contributed by atoms with Crippen LogP contribution >= 0.6 is 0 Å². The largest absolute Gasteiger partial charge is 0.469 e. The van der Waals surface area contributed by atoms with Gasteiger partial charge in [-0.15, -0.1) is 0 Å². The maximum Gasteiger partial charge on any atom is 0.314 e. The molecule has 0 aliphatic rings. The highest BCUT2D eigenvalue weighted by Crippen LogP contribution is 2.33. The lowest BCUT2D eigenvalue weighted by Gasteiger charge is -2.16. The molecule has 2 aromatic heterocycles. The second kappa shape index (κ2) is 7.52. The van der Waals surface area contributed by atoms with Crippen molar-refractivity contribution in [2.45, 2.75) is 32.6 Å². The van der Waals surface area contributed by atoms with Gasteiger partial charge in [0.25, 0.3) is 0 Å². The molecule has 0 amide bonds. The highest BCUT2D eigenvalue weighted by Gasteiger charge is 2.29. The fourth-order valence-corrected chi connectivity index (χ4v) is 3.17. The van der Waals surface area contributed by atoms with Gasteiger partial charge in [0.1, 0.15) is 17.9 Å². The summed E-state index contributed by atoms with van der Waals surface area (Å²) in [7, 11) is 1.37. The van der Waals surface area contributed by atoms with Crippen LogP contribution in [0.1, 0.15) is 35.6 Å². The molecule has 0 bridgehead atoms. The number of esters is 1. The summed E-state index contributed by atoms with van der Waals surface area (Å²) in [5.41, 5.74) is 5.43. The number of pyridine rings is 1. The number of hydrogen-bond acceptors (Lipinski definition) is 4. The molecule has 0 N–H and O–H groups in total. The molecule has 134 valence electrons. The van der Waals surface area contributed by atoms with Crippen LogP contribution in [0.5, 0.6) is 0 Å². The Hall–Kier alpha value is -2.95. The van der Waals surface area contributed by atoms with Crippen molar-refractivity contribution >= 4 is 17.9 Å². The molecule has 0 radical (unpaired) electrons. The van der Waals surface area contributed by atoms with Crippen LogP contribution in [0.4, 0.5) is 0 Å². The van der Waals surface area contributed by atoms with Crippen LogP contribution in [0.15, 0.2) is 42.6 Å². The third-order valence-corrected chi connectivity index (χ3v) is 4.52. The van der Waals surface area contributed by atoms with Gasteiger partial charge in [-0.3, -0.25) is 4.79 Å². The Labute approximate surface area is 152 Å². The minimum Gasteiger partial charge on any atom is -0.469 e. The van der Waals surface area contributed by atoms with Crippen LogP contribution in [0.2, 0.25) is 0 Å². The van der Waals surface area contributed by atoms with Crippen LogP contribution in [-0.2, 0) is 14.3 Å². The van der Waals surface area contributed by atoms with Crippen LogP contribution in [0.25, 0.3) is 16.9 Å². The summed E-state index contributed by atoms with van der Waals surface area (Å²) in [5, 5.41) is 0. The zero-order chi connectivity index (χ0) is 18.7. The number of nitrogens with zero attached hydrogens (tertiary/aromatic N) is 2. The van der Waals surface area contributed by atoms with Crippen molar-refractivity contribution in [1.82, 2.24) is 9.38 Å². The van der Waals surface area contributed by atoms with Gasteiger partial charge in [-0.25, -0.2) is 4.98 Å². The topological polar surface area (TPSA) is 60.7 Å². The number of aromatic nitrogens is 2. The first-order valence-electron chi connectivity index (χ1n) is 8.62. The average molecular weight is 350 g/mol. The molecular formula is C21H22N2O3. The number of benzene rings is 1. The fraction of sp³-hybridized carbons (Fsp3) is 0.286. The lowest BCUT2D eigenvalue weighted by atomic mass is 9.95. The molecule has 5 nitrogen and oxygen atoms in total. The van der Waals surface area contributed by atoms with Crippen LogP contribution in [0.3, 0.4) is 0 Å². The van der Waals surface area contributed by atoms with Crippen molar-refractivity contribution in [2.75, 3.05) is 7.11 Å². The van der Waals surface area contributed by atoms with Crippen LogP contribution < -0.4 is 0 Å². The summed E-state index contributed by atoms with van der Waals surface area (Å²) in [5.74, 6) is -0.915. The highest BCUT2D eigenvalue weighted by molar-refractivity contribution is 5.82. The molecule has 5 heteroatoms. The molecule has 1 atom stereocenters. The molecule has 1 aromatic carbocycles. The number of hydrogen-bond donors (Lipinski definition) is 0. The molecule has 26 heavy (non-hydrogen) atoms. The molecule has 0 spiro atoms. The molecular weight excluding hydrogens is 328 g/mol. The van der Waals surface area contributed by atoms with E-state index >= 15 is 0 Å². The predicted molar refractivity (Wildman–Crippen MR) is 100 cm³/mol. The summed E-state index contributed by atoms with van der Waals surface area (Å²) in [6, 6.07) is 12.0. The van der Waals surface area contributed by atoms with Gasteiger partial charge in [-0.2, -0.15) is 0 Å². The Bertz CT molecular complexity index is 942. The minimum absolute atomic E-state index is 0.284. The first kappa shape index (κ1) is 17.9. The Morgan fingerprint density at radius 3 is 2.50 bits per heavy atom. The third kappa shape index (κ3) is 3.38. The van der Waals surface area contributed by atoms with Gasteiger partial charge in [0.2, 0.25) is 0 Å². The van der Waals surface area contributed by atoms with Crippen LogP contribution in [0, 0.1) is 13.8 Å². The number of aryl methyl sites for hydroxylation is 2. The standard InChI is InChI=1S/C21H22N2O3/c1-14-6-9-16(10-7-14)19-20(17(5-4-12-24)21(25)26-3)23-13-15(2)8-11-18(23)22-19/h6-13,17H,4-5H2,1-3H3. The molecule has 0 aliphatic heterocycles. The summed E-state index contributed by atoms with van der Waals surface area (Å²) in [6.07, 6.45) is 3.46. The van der Waals surface area contributed by atoms with E-state index in [0.717, 1.165) is 40.0 Å². The number of fused-ring (bicyclic) bond motifs is 1. The van der Waals surface area contributed by atoms with Gasteiger partial charge in [-0.05, 0) is 31.9 Å². The van der Waals surface area contributed by atoms with Gasteiger partial charge in [0.05, 0.1) is 18.5 Å². The van der Waals surface area contributed by atoms with E-state index in [-0.39, 0.29) is 12.4 Å². The summed E-state index contributed by atoms with van der Waals surface area (Å²) >= 11 is 0. The zero-order valence-electron chi connectivity index (χ0n) is 15.2. The normalized spacial score (nSPS) is 12.1. The minimum atomic E-state index is -0.557. The van der Waals surface area contributed by atoms with Gasteiger partial charge in [0.15, 0.2) is 0 Å². The zero-order valence-corrected chi connectivity index (χ0v) is 15.2. The summed E-state index contributed by atoms with van der Waals surface area (Å²) in [6.45, 7) is 4.02. The third-order valence-electron chi connectivity index (χ3n) is 4.52. The van der Waals surface area contributed by atoms with E-state index in [1.807, 2.05) is 60.8 Å². The van der Waals surface area contributed by atoms with E-state index in [1.165, 1.54) is 7.11 Å². The summed E-state index contributed by atoms with van der Waals surface area (Å²) < 4.78 is 6.97. The van der Waals surface area contributed by atoms with Crippen LogP contribution in [-0.4, -0.2) is 28.7 Å². The maximum atomic E-state index is 12.5. The molecule has 3 rings (SSSR count). The molecule has 0 saturated heterocycles. The highest BCUT2D eigenvalue weighted by atomic mass is 16.5. The van der Waals surface area contributed by atoms with Crippen molar-refractivity contribution in [1.29, 1.82) is 0 Å². The number of rotatable bonds is 6. The second-order valence-corrected chi connectivity index (χ2v) is 6.47.